The van der Waals surface area contributed by atoms with Crippen LogP contribution in [-0.2, 0) is 25.9 Å². The minimum Gasteiger partial charge on any atom is -0.445 e. The zero-order valence-corrected chi connectivity index (χ0v) is 17.4. The molecule has 0 aliphatic heterocycles. The molecule has 4 N–H and O–H groups in total. The van der Waals surface area contributed by atoms with Crippen LogP contribution in [0.3, 0.4) is 0 Å². The number of ether oxygens (including phenoxy) is 1. The molecule has 0 radical (unpaired) electrons. The van der Waals surface area contributed by atoms with Gasteiger partial charge in [0.05, 0.1) is 5.75 Å². The second-order valence-electron chi connectivity index (χ2n) is 6.33. The standard InChI is InChI=1S/C18H23N2O7PS/c1-14-7-9-16(10-8-14)17(28(22,23)24)20-29(25,26)12-11-19-18(21)27-13-15-5-3-2-4-6-15/h2-10,17,20H,11-13H2,1H3,(H,19,21)(H2,22,23,24). The van der Waals surface area contributed by atoms with Gasteiger partial charge in [-0.2, -0.15) is 4.72 Å². The summed E-state index contributed by atoms with van der Waals surface area (Å²) in [5.41, 5.74) is 1.78. The van der Waals surface area contributed by atoms with Gasteiger partial charge in [0.2, 0.25) is 10.0 Å². The highest BCUT2D eigenvalue weighted by atomic mass is 32.2. The van der Waals surface area contributed by atoms with Crippen molar-refractivity contribution < 1.29 is 32.3 Å². The summed E-state index contributed by atoms with van der Waals surface area (Å²) in [6.07, 6.45) is -0.797. The topological polar surface area (TPSA) is 142 Å². The Labute approximate surface area is 169 Å². The van der Waals surface area contributed by atoms with Gasteiger partial charge < -0.3 is 19.8 Å². The van der Waals surface area contributed by atoms with Gasteiger partial charge in [-0.25, -0.2) is 13.2 Å². The van der Waals surface area contributed by atoms with Crippen LogP contribution in [0.4, 0.5) is 4.79 Å². The van der Waals surface area contributed by atoms with Gasteiger partial charge in [-0.05, 0) is 18.1 Å². The van der Waals surface area contributed by atoms with E-state index in [2.05, 4.69) is 5.32 Å². The molecule has 0 fully saturated rings. The van der Waals surface area contributed by atoms with Crippen LogP contribution >= 0.6 is 7.60 Å². The Morgan fingerprint density at radius 1 is 1.10 bits per heavy atom. The van der Waals surface area contributed by atoms with Gasteiger partial charge in [0.1, 0.15) is 12.4 Å². The Morgan fingerprint density at radius 3 is 2.31 bits per heavy atom. The molecule has 0 aromatic heterocycles. The van der Waals surface area contributed by atoms with Crippen LogP contribution in [-0.4, -0.2) is 36.6 Å². The summed E-state index contributed by atoms with van der Waals surface area (Å²) in [6, 6.07) is 15.1. The van der Waals surface area contributed by atoms with E-state index in [-0.39, 0.29) is 18.7 Å². The zero-order valence-electron chi connectivity index (χ0n) is 15.7. The van der Waals surface area contributed by atoms with E-state index < -0.39 is 35.2 Å². The maximum absolute atomic E-state index is 12.2. The van der Waals surface area contributed by atoms with E-state index in [0.29, 0.717) is 0 Å². The average Bonchev–Trinajstić information content (AvgIpc) is 2.65. The average molecular weight is 442 g/mol. The number of aryl methyl sites for hydroxylation is 1. The van der Waals surface area contributed by atoms with Crippen molar-refractivity contribution in [3.8, 4) is 0 Å². The van der Waals surface area contributed by atoms with E-state index in [9.17, 15) is 27.6 Å². The predicted molar refractivity (Wildman–Crippen MR) is 108 cm³/mol. The van der Waals surface area contributed by atoms with E-state index in [1.807, 2.05) is 10.8 Å². The van der Waals surface area contributed by atoms with Gasteiger partial charge in [-0.3, -0.25) is 4.57 Å². The molecule has 1 atom stereocenters. The number of amides is 1. The van der Waals surface area contributed by atoms with Gasteiger partial charge >= 0.3 is 13.7 Å². The summed E-state index contributed by atoms with van der Waals surface area (Å²) >= 11 is 0. The molecule has 0 saturated heterocycles. The largest absolute Gasteiger partial charge is 0.445 e. The smallest absolute Gasteiger partial charge is 0.407 e. The normalized spacial score (nSPS) is 12.9. The molecule has 0 bridgehead atoms. The summed E-state index contributed by atoms with van der Waals surface area (Å²) in [4.78, 5) is 30.8. The predicted octanol–water partition coefficient (Wildman–Crippen LogP) is 2.02. The molecule has 0 aliphatic rings. The number of hydrogen-bond acceptors (Lipinski definition) is 5. The van der Waals surface area contributed by atoms with Crippen LogP contribution in [0, 0.1) is 6.92 Å². The highest BCUT2D eigenvalue weighted by Crippen LogP contribution is 2.50. The van der Waals surface area contributed by atoms with Crippen molar-refractivity contribution in [1.82, 2.24) is 10.0 Å². The first-order chi connectivity index (χ1) is 13.6. The maximum atomic E-state index is 12.2. The minimum atomic E-state index is -4.81. The van der Waals surface area contributed by atoms with E-state index in [1.54, 1.807) is 43.3 Å². The molecule has 158 valence electrons. The molecular formula is C18H23N2O7PS. The second-order valence-corrected chi connectivity index (χ2v) is 9.90. The molecule has 2 rings (SSSR count). The van der Waals surface area contributed by atoms with Gasteiger partial charge in [-0.15, -0.1) is 0 Å². The number of benzene rings is 2. The number of nitrogens with one attached hydrogen (secondary N) is 2. The molecular weight excluding hydrogens is 419 g/mol. The fourth-order valence-corrected chi connectivity index (χ4v) is 4.93. The van der Waals surface area contributed by atoms with Crippen LogP contribution in [0.2, 0.25) is 0 Å². The Hall–Kier alpha value is -2.23. The second kappa shape index (κ2) is 10.00. The molecule has 29 heavy (non-hydrogen) atoms. The van der Waals surface area contributed by atoms with Crippen LogP contribution in [0.15, 0.2) is 54.6 Å². The third kappa shape index (κ3) is 7.96. The number of carbonyl (C=O) groups is 1. The third-order valence-corrected chi connectivity index (χ3v) is 6.48. The SMILES string of the molecule is Cc1ccc(C(NS(=O)(=O)CCNC(=O)OCc2ccccc2)P(=O)(O)O)cc1. The fourth-order valence-electron chi connectivity index (χ4n) is 2.37. The molecule has 2 aromatic rings. The van der Waals surface area contributed by atoms with Crippen LogP contribution < -0.4 is 10.0 Å². The lowest BCUT2D eigenvalue weighted by Gasteiger charge is -2.20. The Kier molecular flexibility index (Phi) is 7.95. The van der Waals surface area contributed by atoms with Gasteiger partial charge in [0.25, 0.3) is 0 Å². The van der Waals surface area contributed by atoms with Crippen molar-refractivity contribution in [3.05, 3.63) is 71.3 Å². The van der Waals surface area contributed by atoms with Crippen molar-refractivity contribution in [2.75, 3.05) is 12.3 Å². The Balaban J connectivity index is 1.89. The molecule has 0 spiro atoms. The van der Waals surface area contributed by atoms with E-state index in [4.69, 9.17) is 4.74 Å². The minimum absolute atomic E-state index is 0.0331. The molecule has 0 aliphatic carbocycles. The molecule has 2 aromatic carbocycles. The van der Waals surface area contributed by atoms with E-state index >= 15 is 0 Å². The third-order valence-electron chi connectivity index (χ3n) is 3.87. The summed E-state index contributed by atoms with van der Waals surface area (Å²) < 4.78 is 43.2. The van der Waals surface area contributed by atoms with Crippen molar-refractivity contribution >= 4 is 23.7 Å². The Bertz CT molecular complexity index is 959. The van der Waals surface area contributed by atoms with Crippen LogP contribution in [0.5, 0.6) is 0 Å². The highest BCUT2D eigenvalue weighted by molar-refractivity contribution is 7.89. The summed E-state index contributed by atoms with van der Waals surface area (Å²) in [5.74, 6) is -2.28. The summed E-state index contributed by atoms with van der Waals surface area (Å²) in [7, 11) is -8.91. The zero-order chi connectivity index (χ0) is 21.5. The number of hydrogen-bond donors (Lipinski definition) is 4. The first-order valence-electron chi connectivity index (χ1n) is 8.63. The monoisotopic (exact) mass is 442 g/mol. The van der Waals surface area contributed by atoms with Crippen molar-refractivity contribution in [2.45, 2.75) is 19.3 Å². The number of carbonyl (C=O) groups excluding carboxylic acids is 1. The number of alkyl carbamates (subject to hydrolysis) is 1. The van der Waals surface area contributed by atoms with Crippen molar-refractivity contribution in [3.63, 3.8) is 0 Å². The number of sulfonamides is 1. The van der Waals surface area contributed by atoms with Crippen LogP contribution in [0.25, 0.3) is 0 Å². The lowest BCUT2D eigenvalue weighted by Crippen LogP contribution is -2.36. The summed E-state index contributed by atoms with van der Waals surface area (Å²) in [5, 5.41) is 2.29. The molecule has 1 amide bonds. The van der Waals surface area contributed by atoms with Crippen molar-refractivity contribution in [1.29, 1.82) is 0 Å². The van der Waals surface area contributed by atoms with Crippen molar-refractivity contribution in [2.24, 2.45) is 0 Å². The maximum Gasteiger partial charge on any atom is 0.407 e. The quantitative estimate of drug-likeness (QED) is 0.435. The summed E-state index contributed by atoms with van der Waals surface area (Å²) in [6.45, 7) is 1.54. The van der Waals surface area contributed by atoms with E-state index in [0.717, 1.165) is 11.1 Å². The van der Waals surface area contributed by atoms with Crippen LogP contribution in [0.1, 0.15) is 22.5 Å². The molecule has 9 nitrogen and oxygen atoms in total. The van der Waals surface area contributed by atoms with E-state index in [1.165, 1.54) is 12.1 Å². The first kappa shape index (κ1) is 23.1. The van der Waals surface area contributed by atoms with Gasteiger partial charge in [-0.1, -0.05) is 60.2 Å². The first-order valence-corrected chi connectivity index (χ1v) is 12.0. The van der Waals surface area contributed by atoms with Gasteiger partial charge in [0, 0.05) is 6.54 Å². The fraction of sp³-hybridized carbons (Fsp3) is 0.278. The molecule has 1 unspecified atom stereocenters. The highest BCUT2D eigenvalue weighted by Gasteiger charge is 2.34. The lowest BCUT2D eigenvalue weighted by molar-refractivity contribution is 0.140. The number of rotatable bonds is 9. The molecule has 0 saturated carbocycles. The Morgan fingerprint density at radius 2 is 1.72 bits per heavy atom. The molecule has 0 heterocycles. The lowest BCUT2D eigenvalue weighted by atomic mass is 10.1. The van der Waals surface area contributed by atoms with Gasteiger partial charge in [0.15, 0.2) is 0 Å². The molecule has 11 heteroatoms.